The smallest absolute Gasteiger partial charge is 0.339 e. The van der Waals surface area contributed by atoms with E-state index < -0.39 is 52.8 Å². The molecule has 0 amide bonds. The van der Waals surface area contributed by atoms with Gasteiger partial charge in [-0.25, -0.2) is 4.79 Å². The molecule has 1 N–H and O–H groups in total. The number of hydrogen-bond acceptors (Lipinski definition) is 7. The second-order valence-electron chi connectivity index (χ2n) is 12.0. The fraction of sp³-hybridized carbons (Fsp3) is 0.548. The molecular weight excluding hydrogens is 520 g/mol. The molecule has 4 aliphatic rings. The first kappa shape index (κ1) is 27.8. The molecule has 3 saturated carbocycles. The number of halogens is 1. The predicted octanol–water partition coefficient (Wildman–Crippen LogP) is 4.46. The van der Waals surface area contributed by atoms with Crippen LogP contribution in [0.15, 0.2) is 54.1 Å². The van der Waals surface area contributed by atoms with Crippen molar-refractivity contribution in [2.75, 3.05) is 12.5 Å². The Balaban J connectivity index is 1.60. The third kappa shape index (κ3) is 4.20. The van der Waals surface area contributed by atoms with Crippen LogP contribution >= 0.6 is 11.6 Å². The van der Waals surface area contributed by atoms with Crippen LogP contribution < -0.4 is 0 Å². The van der Waals surface area contributed by atoms with Crippen LogP contribution in [0.25, 0.3) is 0 Å². The quantitative estimate of drug-likeness (QED) is 0.409. The SMILES string of the molecule is CC(=O)OCC(=O)[C@@]1(OC(=O)c2ccccc2)[C@@H](CCl)C[C@H]2[C@@H]3CCC4=CC(=O)C=C[C@]4(C)[C@H]3C(O)C[C@@]21C. The minimum atomic E-state index is -1.69. The monoisotopic (exact) mass is 554 g/mol. The van der Waals surface area contributed by atoms with Gasteiger partial charge >= 0.3 is 11.9 Å². The molecular formula is C31H35ClO7. The molecule has 8 atom stereocenters. The molecule has 1 unspecified atom stereocenters. The van der Waals surface area contributed by atoms with E-state index in [1.807, 2.05) is 13.0 Å². The molecule has 0 aromatic heterocycles. The summed E-state index contributed by atoms with van der Waals surface area (Å²) in [6.07, 6.45) is 6.55. The van der Waals surface area contributed by atoms with Crippen molar-refractivity contribution in [1.29, 1.82) is 0 Å². The van der Waals surface area contributed by atoms with Crippen LogP contribution in [0.1, 0.15) is 56.8 Å². The molecule has 1 aromatic carbocycles. The lowest BCUT2D eigenvalue weighted by atomic mass is 9.46. The molecule has 1 aromatic rings. The summed E-state index contributed by atoms with van der Waals surface area (Å²) in [7, 11) is 0. The Morgan fingerprint density at radius 2 is 1.87 bits per heavy atom. The topological polar surface area (TPSA) is 107 Å². The van der Waals surface area contributed by atoms with Crippen molar-refractivity contribution in [3.8, 4) is 0 Å². The summed E-state index contributed by atoms with van der Waals surface area (Å²) >= 11 is 6.55. The molecule has 8 heteroatoms. The van der Waals surface area contributed by atoms with Crippen molar-refractivity contribution >= 4 is 35.1 Å². The highest BCUT2D eigenvalue weighted by atomic mass is 35.5. The molecule has 0 spiro atoms. The fourth-order valence-corrected chi connectivity index (χ4v) is 8.84. The van der Waals surface area contributed by atoms with Crippen molar-refractivity contribution in [1.82, 2.24) is 0 Å². The molecule has 3 fully saturated rings. The normalized spacial score (nSPS) is 38.6. The van der Waals surface area contributed by atoms with Gasteiger partial charge in [-0.2, -0.15) is 0 Å². The number of carbonyl (C=O) groups is 4. The molecule has 5 rings (SSSR count). The zero-order chi connectivity index (χ0) is 28.2. The van der Waals surface area contributed by atoms with Gasteiger partial charge in [-0.15, -0.1) is 11.6 Å². The molecule has 0 bridgehead atoms. The van der Waals surface area contributed by atoms with Crippen LogP contribution in [-0.4, -0.2) is 52.8 Å². The molecule has 7 nitrogen and oxygen atoms in total. The lowest BCUT2D eigenvalue weighted by Gasteiger charge is -2.60. The number of ketones is 2. The van der Waals surface area contributed by atoms with Crippen LogP contribution in [-0.2, 0) is 23.9 Å². The van der Waals surface area contributed by atoms with Gasteiger partial charge in [0.05, 0.1) is 11.7 Å². The lowest BCUT2D eigenvalue weighted by molar-refractivity contribution is -0.186. The first-order valence-corrected chi connectivity index (χ1v) is 14.1. The number of ether oxygens (including phenoxy) is 2. The number of esters is 2. The third-order valence-electron chi connectivity index (χ3n) is 10.1. The van der Waals surface area contributed by atoms with Crippen molar-refractivity contribution in [3.05, 3.63) is 59.7 Å². The van der Waals surface area contributed by atoms with Crippen LogP contribution in [0.3, 0.4) is 0 Å². The molecule has 4 aliphatic carbocycles. The number of hydrogen-bond donors (Lipinski definition) is 1. The number of benzene rings is 1. The van der Waals surface area contributed by atoms with Gasteiger partial charge in [-0.05, 0) is 61.8 Å². The van der Waals surface area contributed by atoms with E-state index in [4.69, 9.17) is 21.1 Å². The largest absolute Gasteiger partial charge is 0.458 e. The highest BCUT2D eigenvalue weighted by Gasteiger charge is 2.73. The van der Waals surface area contributed by atoms with Gasteiger partial charge in [0.15, 0.2) is 18.0 Å². The number of aliphatic hydroxyl groups is 1. The Morgan fingerprint density at radius 3 is 2.54 bits per heavy atom. The van der Waals surface area contributed by atoms with E-state index in [-0.39, 0.29) is 35.8 Å². The van der Waals surface area contributed by atoms with E-state index in [2.05, 4.69) is 6.92 Å². The van der Waals surface area contributed by atoms with Gasteiger partial charge in [0, 0.05) is 35.5 Å². The third-order valence-corrected chi connectivity index (χ3v) is 10.5. The summed E-state index contributed by atoms with van der Waals surface area (Å²) < 4.78 is 11.4. The number of carbonyl (C=O) groups excluding carboxylic acids is 4. The summed E-state index contributed by atoms with van der Waals surface area (Å²) in [4.78, 5) is 51.5. The highest BCUT2D eigenvalue weighted by Crippen LogP contribution is 2.69. The van der Waals surface area contributed by atoms with E-state index in [1.54, 1.807) is 42.5 Å². The average molecular weight is 555 g/mol. The lowest BCUT2D eigenvalue weighted by Crippen LogP contribution is -2.64. The number of fused-ring (bicyclic) bond motifs is 5. The predicted molar refractivity (Wildman–Crippen MR) is 144 cm³/mol. The molecule has 0 saturated heterocycles. The zero-order valence-electron chi connectivity index (χ0n) is 22.5. The number of rotatable bonds is 6. The van der Waals surface area contributed by atoms with Crippen LogP contribution in [0.4, 0.5) is 0 Å². The highest BCUT2D eigenvalue weighted by molar-refractivity contribution is 6.18. The molecule has 0 heterocycles. The van der Waals surface area contributed by atoms with Gasteiger partial charge in [-0.1, -0.05) is 43.7 Å². The molecule has 39 heavy (non-hydrogen) atoms. The molecule has 208 valence electrons. The van der Waals surface area contributed by atoms with Crippen molar-refractivity contribution < 1.29 is 33.8 Å². The van der Waals surface area contributed by atoms with E-state index in [1.165, 1.54) is 6.92 Å². The summed E-state index contributed by atoms with van der Waals surface area (Å²) in [5, 5.41) is 11.8. The Kier molecular flexibility index (Phi) is 7.13. The Labute approximate surface area is 233 Å². The average Bonchev–Trinajstić information content (AvgIpc) is 3.15. The number of alkyl halides is 1. The van der Waals surface area contributed by atoms with E-state index >= 15 is 0 Å². The Bertz CT molecular complexity index is 1250. The van der Waals surface area contributed by atoms with E-state index in [9.17, 15) is 24.3 Å². The van der Waals surface area contributed by atoms with Gasteiger partial charge in [0.1, 0.15) is 0 Å². The van der Waals surface area contributed by atoms with Crippen molar-refractivity contribution in [3.63, 3.8) is 0 Å². The summed E-state index contributed by atoms with van der Waals surface area (Å²) in [6, 6.07) is 8.45. The molecule has 0 aliphatic heterocycles. The maximum atomic E-state index is 14.1. The minimum absolute atomic E-state index is 0.00305. The van der Waals surface area contributed by atoms with Crippen LogP contribution in [0, 0.1) is 34.5 Å². The zero-order valence-corrected chi connectivity index (χ0v) is 23.3. The van der Waals surface area contributed by atoms with Gasteiger partial charge < -0.3 is 14.6 Å². The van der Waals surface area contributed by atoms with E-state index in [0.29, 0.717) is 18.4 Å². The van der Waals surface area contributed by atoms with E-state index in [0.717, 1.165) is 12.0 Å². The second kappa shape index (κ2) is 10.0. The minimum Gasteiger partial charge on any atom is -0.458 e. The maximum absolute atomic E-state index is 14.1. The number of allylic oxidation sites excluding steroid dienone is 4. The van der Waals surface area contributed by atoms with Crippen molar-refractivity contribution in [2.24, 2.45) is 34.5 Å². The number of Topliss-reactive ketones (excluding diaryl/α,β-unsaturated/α-hetero) is 1. The summed E-state index contributed by atoms with van der Waals surface area (Å²) in [5.74, 6) is -2.57. The first-order chi connectivity index (χ1) is 18.5. The van der Waals surface area contributed by atoms with Gasteiger partial charge in [-0.3, -0.25) is 14.4 Å². The van der Waals surface area contributed by atoms with Gasteiger partial charge in [0.2, 0.25) is 5.78 Å². The van der Waals surface area contributed by atoms with Crippen molar-refractivity contribution in [2.45, 2.75) is 58.2 Å². The fourth-order valence-electron chi connectivity index (χ4n) is 8.50. The van der Waals surface area contributed by atoms with Crippen LogP contribution in [0.5, 0.6) is 0 Å². The Hall–Kier alpha value is -2.77. The Morgan fingerprint density at radius 1 is 1.15 bits per heavy atom. The van der Waals surface area contributed by atoms with Crippen LogP contribution in [0.2, 0.25) is 0 Å². The molecule has 0 radical (unpaired) electrons. The van der Waals surface area contributed by atoms with Gasteiger partial charge in [0.25, 0.3) is 0 Å². The maximum Gasteiger partial charge on any atom is 0.339 e. The second-order valence-corrected chi connectivity index (χ2v) is 12.3. The summed E-state index contributed by atoms with van der Waals surface area (Å²) in [6.45, 7) is 4.67. The summed E-state index contributed by atoms with van der Waals surface area (Å²) in [5.41, 5.74) is -1.81. The first-order valence-electron chi connectivity index (χ1n) is 13.6. The standard InChI is InChI=1S/C31H35ClO7/c1-18(33)38-17-26(36)31(39-28(37)19-7-5-4-6-8-19)21(16-32)14-24-23-10-9-20-13-22(34)11-12-29(20,2)27(23)25(35)15-30(24,31)3/h4-8,11-13,21,23-25,27,35H,9-10,14-17H2,1-3H3/t21-,23+,24+,25?,27-,29+,30+,31+/m1/s1. The number of aliphatic hydroxyl groups excluding tert-OH is 1.